The molecule has 1 aromatic carbocycles. The number of ether oxygens (including phenoxy) is 1. The topological polar surface area (TPSA) is 53.0 Å². The van der Waals surface area contributed by atoms with Crippen molar-refractivity contribution < 1.29 is 14.6 Å². The molecule has 0 radical (unpaired) electrons. The second-order valence-electron chi connectivity index (χ2n) is 4.68. The van der Waals surface area contributed by atoms with E-state index in [1.807, 2.05) is 12.1 Å². The summed E-state index contributed by atoms with van der Waals surface area (Å²) in [5.41, 5.74) is 0. The third kappa shape index (κ3) is 4.37. The third-order valence-electron chi connectivity index (χ3n) is 3.35. The average molecular weight is 299 g/mol. The van der Waals surface area contributed by atoms with Crippen LogP contribution < -0.4 is 4.74 Å². The highest BCUT2D eigenvalue weighted by Crippen LogP contribution is 2.15. The Hall–Kier alpha value is -1.30. The van der Waals surface area contributed by atoms with E-state index in [9.17, 15) is 4.79 Å². The van der Waals surface area contributed by atoms with Gasteiger partial charge in [0.05, 0.1) is 0 Å². The van der Waals surface area contributed by atoms with Crippen LogP contribution in [0.2, 0.25) is 5.02 Å². The van der Waals surface area contributed by atoms with Crippen molar-refractivity contribution in [3.05, 3.63) is 29.3 Å². The molecule has 1 N–H and O–H groups in total. The molecule has 0 atom stereocenters. The fourth-order valence-corrected chi connectivity index (χ4v) is 2.27. The molecule has 0 spiro atoms. The van der Waals surface area contributed by atoms with Crippen LogP contribution in [0.5, 0.6) is 5.75 Å². The van der Waals surface area contributed by atoms with Crippen LogP contribution in [0.1, 0.15) is 0 Å². The number of carbonyl (C=O) groups is 1. The van der Waals surface area contributed by atoms with E-state index in [1.54, 1.807) is 17.0 Å². The van der Waals surface area contributed by atoms with E-state index in [-0.39, 0.29) is 5.91 Å². The Labute approximate surface area is 123 Å². The lowest BCUT2D eigenvalue weighted by Gasteiger charge is -2.34. The van der Waals surface area contributed by atoms with Gasteiger partial charge in [-0.2, -0.15) is 0 Å². The summed E-state index contributed by atoms with van der Waals surface area (Å²) >= 11 is 5.80. The lowest BCUT2D eigenvalue weighted by Crippen LogP contribution is -2.50. The molecule has 6 heteroatoms. The first-order valence-corrected chi connectivity index (χ1v) is 7.06. The van der Waals surface area contributed by atoms with E-state index >= 15 is 0 Å². The quantitative estimate of drug-likeness (QED) is 0.876. The molecule has 1 fully saturated rings. The molecule has 20 heavy (non-hydrogen) atoms. The number of piperazine rings is 1. The van der Waals surface area contributed by atoms with Crippen molar-refractivity contribution in [2.45, 2.75) is 0 Å². The number of hydrogen-bond acceptors (Lipinski definition) is 4. The Balaban J connectivity index is 1.66. The van der Waals surface area contributed by atoms with E-state index in [1.165, 1.54) is 0 Å². The molecule has 2 rings (SSSR count). The zero-order valence-electron chi connectivity index (χ0n) is 11.3. The van der Waals surface area contributed by atoms with Gasteiger partial charge in [0.25, 0.3) is 0 Å². The Kier molecular flexibility index (Phi) is 5.64. The van der Waals surface area contributed by atoms with Crippen molar-refractivity contribution in [1.82, 2.24) is 9.80 Å². The summed E-state index contributed by atoms with van der Waals surface area (Å²) in [6.45, 7) is 3.99. The van der Waals surface area contributed by atoms with Gasteiger partial charge in [0, 0.05) is 37.7 Å². The van der Waals surface area contributed by atoms with E-state index in [4.69, 9.17) is 21.4 Å². The number of aliphatic hydroxyl groups is 1. The average Bonchev–Trinajstić information content (AvgIpc) is 2.49. The Bertz CT molecular complexity index is 431. The first kappa shape index (κ1) is 15.1. The van der Waals surface area contributed by atoms with Gasteiger partial charge >= 0.3 is 0 Å². The number of carbonyl (C=O) groups excluding carboxylic acids is 1. The molecule has 1 aliphatic heterocycles. The smallest absolute Gasteiger partial charge is 0.248 e. The highest BCUT2D eigenvalue weighted by Gasteiger charge is 2.19. The van der Waals surface area contributed by atoms with Crippen LogP contribution in [-0.4, -0.2) is 66.8 Å². The minimum atomic E-state index is -0.403. The number of nitrogens with zero attached hydrogens (tertiary/aromatic N) is 2. The van der Waals surface area contributed by atoms with E-state index in [0.29, 0.717) is 24.7 Å². The summed E-state index contributed by atoms with van der Waals surface area (Å²) in [5.74, 6) is 0.616. The maximum atomic E-state index is 11.3. The first-order chi connectivity index (χ1) is 9.69. The minimum absolute atomic E-state index is 0.193. The van der Waals surface area contributed by atoms with Crippen LogP contribution in [0.3, 0.4) is 0 Å². The fourth-order valence-electron chi connectivity index (χ4n) is 2.14. The van der Waals surface area contributed by atoms with Crippen molar-refractivity contribution in [2.24, 2.45) is 0 Å². The SMILES string of the molecule is O=C(CO)N1CCN(CCOc2ccc(Cl)cc2)CC1. The number of halogens is 1. The third-order valence-corrected chi connectivity index (χ3v) is 3.60. The number of rotatable bonds is 5. The molecule has 5 nitrogen and oxygen atoms in total. The van der Waals surface area contributed by atoms with Crippen molar-refractivity contribution in [3.63, 3.8) is 0 Å². The molecule has 0 aromatic heterocycles. The highest BCUT2D eigenvalue weighted by atomic mass is 35.5. The van der Waals surface area contributed by atoms with Gasteiger partial charge in [0.1, 0.15) is 19.0 Å². The second-order valence-corrected chi connectivity index (χ2v) is 5.12. The van der Waals surface area contributed by atoms with Gasteiger partial charge < -0.3 is 14.7 Å². The predicted octanol–water partition coefficient (Wildman–Crippen LogP) is 0.855. The van der Waals surface area contributed by atoms with Gasteiger partial charge in [-0.25, -0.2) is 0 Å². The number of aliphatic hydroxyl groups excluding tert-OH is 1. The van der Waals surface area contributed by atoms with Crippen molar-refractivity contribution in [3.8, 4) is 5.75 Å². The molecule has 1 heterocycles. The number of hydrogen-bond donors (Lipinski definition) is 1. The number of amides is 1. The maximum absolute atomic E-state index is 11.3. The molecular formula is C14H19ClN2O3. The van der Waals surface area contributed by atoms with Gasteiger partial charge in [-0.3, -0.25) is 9.69 Å². The van der Waals surface area contributed by atoms with Gasteiger partial charge in [-0.1, -0.05) is 11.6 Å². The Morgan fingerprint density at radius 2 is 1.85 bits per heavy atom. The standard InChI is InChI=1S/C14H19ClN2O3/c15-12-1-3-13(4-2-12)20-10-9-16-5-7-17(8-6-16)14(19)11-18/h1-4,18H,5-11H2. The van der Waals surface area contributed by atoms with Gasteiger partial charge in [-0.15, -0.1) is 0 Å². The van der Waals surface area contributed by atoms with E-state index < -0.39 is 6.61 Å². The molecule has 0 aliphatic carbocycles. The molecule has 0 bridgehead atoms. The summed E-state index contributed by atoms with van der Waals surface area (Å²) in [7, 11) is 0. The molecule has 0 saturated carbocycles. The van der Waals surface area contributed by atoms with Crippen LogP contribution >= 0.6 is 11.6 Å². The largest absolute Gasteiger partial charge is 0.492 e. The molecule has 1 amide bonds. The summed E-state index contributed by atoms with van der Waals surface area (Å²) < 4.78 is 5.64. The Morgan fingerprint density at radius 1 is 1.20 bits per heavy atom. The summed E-state index contributed by atoms with van der Waals surface area (Å²) in [4.78, 5) is 15.3. The van der Waals surface area contributed by atoms with Gasteiger partial charge in [0.2, 0.25) is 5.91 Å². The molecule has 0 unspecified atom stereocenters. The normalized spacial score (nSPS) is 16.2. The van der Waals surface area contributed by atoms with Gasteiger partial charge in [0.15, 0.2) is 0 Å². The number of benzene rings is 1. The summed E-state index contributed by atoms with van der Waals surface area (Å²) in [5, 5.41) is 9.50. The molecule has 1 aliphatic rings. The monoisotopic (exact) mass is 298 g/mol. The van der Waals surface area contributed by atoms with Gasteiger partial charge in [-0.05, 0) is 24.3 Å². The zero-order valence-corrected chi connectivity index (χ0v) is 12.1. The maximum Gasteiger partial charge on any atom is 0.248 e. The molecular weight excluding hydrogens is 280 g/mol. The van der Waals surface area contributed by atoms with Crippen molar-refractivity contribution in [1.29, 1.82) is 0 Å². The van der Waals surface area contributed by atoms with Crippen LogP contribution in [0, 0.1) is 0 Å². The molecule has 110 valence electrons. The van der Waals surface area contributed by atoms with E-state index in [0.717, 1.165) is 25.4 Å². The first-order valence-electron chi connectivity index (χ1n) is 6.68. The van der Waals surface area contributed by atoms with Crippen LogP contribution in [0.25, 0.3) is 0 Å². The molecule has 1 saturated heterocycles. The summed E-state index contributed by atoms with van der Waals surface area (Å²) in [6.07, 6.45) is 0. The van der Waals surface area contributed by atoms with Crippen LogP contribution in [0.15, 0.2) is 24.3 Å². The van der Waals surface area contributed by atoms with Crippen molar-refractivity contribution >= 4 is 17.5 Å². The predicted molar refractivity (Wildman–Crippen MR) is 77.1 cm³/mol. The fraction of sp³-hybridized carbons (Fsp3) is 0.500. The van der Waals surface area contributed by atoms with Crippen molar-refractivity contribution in [2.75, 3.05) is 45.9 Å². The minimum Gasteiger partial charge on any atom is -0.492 e. The lowest BCUT2D eigenvalue weighted by molar-refractivity contribution is -0.135. The molecule has 1 aromatic rings. The summed E-state index contributed by atoms with van der Waals surface area (Å²) in [6, 6.07) is 7.30. The highest BCUT2D eigenvalue weighted by molar-refractivity contribution is 6.30. The van der Waals surface area contributed by atoms with Crippen LogP contribution in [-0.2, 0) is 4.79 Å². The second kappa shape index (κ2) is 7.47. The van der Waals surface area contributed by atoms with E-state index in [2.05, 4.69) is 4.90 Å². The lowest BCUT2D eigenvalue weighted by atomic mass is 10.3. The Morgan fingerprint density at radius 3 is 2.45 bits per heavy atom. The zero-order chi connectivity index (χ0) is 14.4. The van der Waals surface area contributed by atoms with Crippen LogP contribution in [0.4, 0.5) is 0 Å².